The first-order chi connectivity index (χ1) is 24.1. The zero-order chi connectivity index (χ0) is 35.5. The molecule has 3 saturated heterocycles. The molecule has 0 aliphatic carbocycles. The number of amides is 1. The molecule has 10 nitrogen and oxygen atoms in total. The van der Waals surface area contributed by atoms with Crippen molar-refractivity contribution in [3.63, 3.8) is 0 Å². The summed E-state index contributed by atoms with van der Waals surface area (Å²) in [6.45, 7) is 4.67. The van der Waals surface area contributed by atoms with Crippen molar-refractivity contribution in [1.29, 1.82) is 0 Å². The fraction of sp³-hybridized carbons (Fsp3) is 0.342. The average molecular weight is 721 g/mol. The predicted molar refractivity (Wildman–Crippen MR) is 191 cm³/mol. The number of ether oxygens (including phenoxy) is 3. The number of benzene rings is 3. The number of anilines is 1. The van der Waals surface area contributed by atoms with E-state index in [0.717, 1.165) is 31.5 Å². The SMILES string of the molecule is COc1ccc([C@H](Cc2c(Cl)c[n+]([O-])cc2Cl)c2c(CN(C(=O)O[C@H]3CN4CCC3CC4)c3cccc(C)c3)cccc2C(=O)O)cc1OC. The van der Waals surface area contributed by atoms with Crippen molar-refractivity contribution in [3.8, 4) is 11.5 Å². The molecule has 0 saturated carbocycles. The Hall–Kier alpha value is -4.51. The molecule has 7 rings (SSSR count). The van der Waals surface area contributed by atoms with E-state index < -0.39 is 18.0 Å². The molecule has 1 amide bonds. The van der Waals surface area contributed by atoms with Gasteiger partial charge in [-0.3, -0.25) is 9.80 Å². The van der Waals surface area contributed by atoms with Crippen LogP contribution in [0.1, 0.15) is 56.9 Å². The molecule has 0 unspecified atom stereocenters. The summed E-state index contributed by atoms with van der Waals surface area (Å²) in [5.74, 6) is -0.587. The Bertz CT molecular complexity index is 1870. The van der Waals surface area contributed by atoms with Crippen LogP contribution in [0.3, 0.4) is 0 Å². The number of aromatic nitrogens is 1. The highest BCUT2D eigenvalue weighted by Gasteiger charge is 2.38. The maximum absolute atomic E-state index is 14.2. The number of carbonyl (C=O) groups excluding carboxylic acids is 1. The van der Waals surface area contributed by atoms with Gasteiger partial charge in [-0.05, 0) is 97.8 Å². The number of aryl methyl sites for hydroxylation is 1. The second-order valence-corrected chi connectivity index (χ2v) is 13.6. The molecular weight excluding hydrogens is 681 g/mol. The molecule has 2 atom stereocenters. The van der Waals surface area contributed by atoms with Crippen molar-refractivity contribution in [2.45, 2.75) is 44.8 Å². The Labute approximate surface area is 301 Å². The van der Waals surface area contributed by atoms with Crippen molar-refractivity contribution in [2.75, 3.05) is 38.8 Å². The van der Waals surface area contributed by atoms with E-state index in [1.165, 1.54) is 32.7 Å². The summed E-state index contributed by atoms with van der Waals surface area (Å²) in [6.07, 6.45) is 3.78. The number of halogens is 2. The average Bonchev–Trinajstić information content (AvgIpc) is 3.10. The Morgan fingerprint density at radius 2 is 1.70 bits per heavy atom. The summed E-state index contributed by atoms with van der Waals surface area (Å²) in [5.41, 5.74) is 3.80. The van der Waals surface area contributed by atoms with Crippen molar-refractivity contribution in [1.82, 2.24) is 4.90 Å². The lowest BCUT2D eigenvalue weighted by molar-refractivity contribution is -0.605. The van der Waals surface area contributed by atoms with Gasteiger partial charge in [-0.25, -0.2) is 9.59 Å². The minimum absolute atomic E-state index is 0.0143. The number of hydrogen-bond acceptors (Lipinski definition) is 7. The molecule has 3 aliphatic heterocycles. The first kappa shape index (κ1) is 35.3. The predicted octanol–water partition coefficient (Wildman–Crippen LogP) is 7.26. The van der Waals surface area contributed by atoms with Crippen molar-refractivity contribution in [2.24, 2.45) is 5.92 Å². The van der Waals surface area contributed by atoms with Gasteiger partial charge in [-0.2, -0.15) is 4.73 Å². The molecule has 262 valence electrons. The highest BCUT2D eigenvalue weighted by molar-refractivity contribution is 6.35. The van der Waals surface area contributed by atoms with Crippen LogP contribution >= 0.6 is 23.2 Å². The Morgan fingerprint density at radius 3 is 2.32 bits per heavy atom. The standard InChI is InChI=1S/C38H39Cl2N3O7/c1-23-6-4-8-27(16-23)43(38(46)50-35-22-41-14-12-24(35)13-15-41)19-26-7-5-9-28(37(44)45)36(26)29(18-30-31(39)20-42(47)21-32(30)40)25-10-11-33(48-2)34(17-25)49-3/h4-11,16-17,20-21,24,29,35H,12-15,18-19,22H2,1-3H3,(H,44,45)/t29-,35-/m0/s1. The van der Waals surface area contributed by atoms with Crippen LogP contribution < -0.4 is 19.1 Å². The lowest BCUT2D eigenvalue weighted by atomic mass is 9.80. The highest BCUT2D eigenvalue weighted by Crippen LogP contribution is 2.41. The van der Waals surface area contributed by atoms with Crippen LogP contribution in [0.5, 0.6) is 11.5 Å². The van der Waals surface area contributed by atoms with Gasteiger partial charge in [0.1, 0.15) is 16.1 Å². The van der Waals surface area contributed by atoms with Crippen LogP contribution in [0.25, 0.3) is 0 Å². The number of hydrogen-bond donors (Lipinski definition) is 1. The summed E-state index contributed by atoms with van der Waals surface area (Å²) in [5, 5.41) is 23.0. The minimum Gasteiger partial charge on any atom is -0.619 e. The molecule has 50 heavy (non-hydrogen) atoms. The zero-order valence-corrected chi connectivity index (χ0v) is 29.6. The maximum atomic E-state index is 14.2. The van der Waals surface area contributed by atoms with E-state index in [1.54, 1.807) is 23.1 Å². The van der Waals surface area contributed by atoms with E-state index in [2.05, 4.69) is 4.90 Å². The summed E-state index contributed by atoms with van der Waals surface area (Å²) >= 11 is 13.2. The number of aromatic carboxylic acids is 1. The number of carboxylic acid groups (broad SMARTS) is 1. The molecule has 0 radical (unpaired) electrons. The molecule has 0 spiro atoms. The maximum Gasteiger partial charge on any atom is 0.414 e. The van der Waals surface area contributed by atoms with Gasteiger partial charge in [0, 0.05) is 23.7 Å². The van der Waals surface area contributed by atoms with Gasteiger partial charge < -0.3 is 24.5 Å². The van der Waals surface area contributed by atoms with E-state index in [0.29, 0.717) is 56.6 Å². The van der Waals surface area contributed by atoms with Gasteiger partial charge in [-0.1, -0.05) is 53.5 Å². The lowest BCUT2D eigenvalue weighted by Gasteiger charge is -2.44. The lowest BCUT2D eigenvalue weighted by Crippen LogP contribution is -2.53. The second-order valence-electron chi connectivity index (χ2n) is 12.8. The molecule has 1 aromatic heterocycles. The van der Waals surface area contributed by atoms with Crippen molar-refractivity contribution < 1.29 is 33.6 Å². The second kappa shape index (κ2) is 15.2. The first-order valence-electron chi connectivity index (χ1n) is 16.5. The molecule has 4 aromatic rings. The molecule has 3 aliphatic rings. The fourth-order valence-corrected chi connectivity index (χ4v) is 7.80. The van der Waals surface area contributed by atoms with Crippen LogP contribution in [-0.4, -0.2) is 62.0 Å². The first-order valence-corrected chi connectivity index (χ1v) is 17.2. The minimum atomic E-state index is -1.15. The van der Waals surface area contributed by atoms with Crippen LogP contribution in [0.2, 0.25) is 10.0 Å². The molecule has 4 heterocycles. The number of piperidine rings is 3. The smallest absolute Gasteiger partial charge is 0.414 e. The summed E-state index contributed by atoms with van der Waals surface area (Å²) in [6, 6.07) is 18.0. The number of carboxylic acids is 1. The molecule has 1 N–H and O–H groups in total. The fourth-order valence-electron chi connectivity index (χ4n) is 7.20. The number of rotatable bonds is 11. The van der Waals surface area contributed by atoms with Gasteiger partial charge in [0.2, 0.25) is 0 Å². The Kier molecular flexibility index (Phi) is 10.7. The van der Waals surface area contributed by atoms with E-state index in [4.69, 9.17) is 37.4 Å². The summed E-state index contributed by atoms with van der Waals surface area (Å²) < 4.78 is 17.9. The quantitative estimate of drug-likeness (QED) is 0.127. The van der Waals surface area contributed by atoms with Crippen LogP contribution in [0, 0.1) is 18.0 Å². The molecule has 3 aromatic carbocycles. The van der Waals surface area contributed by atoms with E-state index in [9.17, 15) is 19.9 Å². The largest absolute Gasteiger partial charge is 0.619 e. The van der Waals surface area contributed by atoms with E-state index >= 15 is 0 Å². The number of pyridine rings is 1. The van der Waals surface area contributed by atoms with Crippen LogP contribution in [0.4, 0.5) is 10.5 Å². The van der Waals surface area contributed by atoms with Gasteiger partial charge in [-0.15, -0.1) is 0 Å². The third kappa shape index (κ3) is 7.47. The monoisotopic (exact) mass is 719 g/mol. The topological polar surface area (TPSA) is 115 Å². The highest BCUT2D eigenvalue weighted by atomic mass is 35.5. The Balaban J connectivity index is 1.49. The van der Waals surface area contributed by atoms with Gasteiger partial charge in [0.25, 0.3) is 0 Å². The third-order valence-electron chi connectivity index (χ3n) is 9.76. The molecule has 2 bridgehead atoms. The van der Waals surface area contributed by atoms with Crippen molar-refractivity contribution in [3.05, 3.63) is 122 Å². The molecule has 12 heteroatoms. The third-order valence-corrected chi connectivity index (χ3v) is 10.4. The molecular formula is C38H39Cl2N3O7. The van der Waals surface area contributed by atoms with Crippen LogP contribution in [0.15, 0.2) is 73.1 Å². The van der Waals surface area contributed by atoms with Gasteiger partial charge >= 0.3 is 12.1 Å². The zero-order valence-electron chi connectivity index (χ0n) is 28.1. The normalized spacial score (nSPS) is 18.7. The van der Waals surface area contributed by atoms with Crippen LogP contribution in [-0.2, 0) is 17.7 Å². The summed E-state index contributed by atoms with van der Waals surface area (Å²) in [7, 11) is 3.05. The summed E-state index contributed by atoms with van der Waals surface area (Å²) in [4.78, 5) is 31.1. The van der Waals surface area contributed by atoms with Gasteiger partial charge in [0.15, 0.2) is 23.9 Å². The Morgan fingerprint density at radius 1 is 1.00 bits per heavy atom. The van der Waals surface area contributed by atoms with E-state index in [-0.39, 0.29) is 34.7 Å². The van der Waals surface area contributed by atoms with Crippen molar-refractivity contribution >= 4 is 41.0 Å². The van der Waals surface area contributed by atoms with E-state index in [1.807, 2.05) is 43.3 Å². The number of fused-ring (bicyclic) bond motifs is 3. The number of nitrogens with zero attached hydrogens (tertiary/aromatic N) is 3. The van der Waals surface area contributed by atoms with Gasteiger partial charge in [0.05, 0.1) is 26.3 Å². The number of carbonyl (C=O) groups is 2. The molecule has 3 fully saturated rings. The number of methoxy groups -OCH3 is 2.